The molecule has 0 unspecified atom stereocenters. The lowest BCUT2D eigenvalue weighted by Crippen LogP contribution is -2.40. The highest BCUT2D eigenvalue weighted by molar-refractivity contribution is 6.30. The smallest absolute Gasteiger partial charge is 0.336 e. The lowest BCUT2D eigenvalue weighted by atomic mass is 10.0. The minimum absolute atomic E-state index is 0.0426. The number of nitrogens with zero attached hydrogens (tertiary/aromatic N) is 1. The van der Waals surface area contributed by atoms with Crippen molar-refractivity contribution in [3.63, 3.8) is 0 Å². The summed E-state index contributed by atoms with van der Waals surface area (Å²) in [6.45, 7) is 1.96. The molecule has 1 heterocycles. The average molecular weight is 457 g/mol. The van der Waals surface area contributed by atoms with Crippen LogP contribution in [0.4, 0.5) is 0 Å². The van der Waals surface area contributed by atoms with Crippen LogP contribution in [0.3, 0.4) is 0 Å². The highest BCUT2D eigenvalue weighted by atomic mass is 35.5. The van der Waals surface area contributed by atoms with Gasteiger partial charge < -0.3 is 9.47 Å². The van der Waals surface area contributed by atoms with Crippen LogP contribution in [-0.2, 0) is 11.3 Å². The molecule has 0 atom stereocenters. The van der Waals surface area contributed by atoms with Gasteiger partial charge in [-0.15, -0.1) is 0 Å². The minimum Gasteiger partial charge on any atom is -0.487 e. The number of pyridine rings is 1. The zero-order valence-corrected chi connectivity index (χ0v) is 18.8. The minimum atomic E-state index is -0.0426. The van der Waals surface area contributed by atoms with E-state index in [-0.39, 0.29) is 11.8 Å². The second-order valence-electron chi connectivity index (χ2n) is 7.46. The van der Waals surface area contributed by atoms with Gasteiger partial charge in [-0.2, -0.15) is 0 Å². The van der Waals surface area contributed by atoms with E-state index in [2.05, 4.69) is 4.98 Å². The fraction of sp³-hybridized carbons (Fsp3) is 0.0741. The third kappa shape index (κ3) is 5.84. The fourth-order valence-electron chi connectivity index (χ4n) is 3.30. The van der Waals surface area contributed by atoms with E-state index in [1.807, 2.05) is 78.9 Å². The highest BCUT2D eigenvalue weighted by Crippen LogP contribution is 2.24. The van der Waals surface area contributed by atoms with Gasteiger partial charge in [0.2, 0.25) is 5.90 Å². The summed E-state index contributed by atoms with van der Waals surface area (Å²) in [5.74, 6) is 0.859. The van der Waals surface area contributed by atoms with Crippen LogP contribution in [0.2, 0.25) is 5.02 Å². The molecule has 5 nitrogen and oxygen atoms in total. The molecule has 0 aliphatic carbocycles. The molecule has 0 aliphatic heterocycles. The largest absolute Gasteiger partial charge is 0.487 e. The maximum Gasteiger partial charge on any atom is 0.336 e. The number of para-hydroxylation sites is 1. The van der Waals surface area contributed by atoms with Crippen molar-refractivity contribution in [2.75, 3.05) is 0 Å². The van der Waals surface area contributed by atoms with E-state index in [0.717, 1.165) is 27.7 Å². The van der Waals surface area contributed by atoms with Crippen molar-refractivity contribution in [3.05, 3.63) is 107 Å². The Kier molecular flexibility index (Phi) is 6.81. The number of ether oxygens (including phenoxy) is 2. The molecular weight excluding hydrogens is 434 g/mol. The quantitative estimate of drug-likeness (QED) is 0.238. The molecule has 0 saturated carbocycles. The summed E-state index contributed by atoms with van der Waals surface area (Å²) in [7, 11) is 0. The van der Waals surface area contributed by atoms with Crippen LogP contribution in [0.25, 0.3) is 22.6 Å². The summed E-state index contributed by atoms with van der Waals surface area (Å²) in [6, 6.07) is 26.8. The van der Waals surface area contributed by atoms with Crippen molar-refractivity contribution < 1.29 is 14.9 Å². The van der Waals surface area contributed by atoms with E-state index < -0.39 is 0 Å². The Morgan fingerprint density at radius 2 is 1.70 bits per heavy atom. The lowest BCUT2D eigenvalue weighted by Gasteiger charge is -2.11. The van der Waals surface area contributed by atoms with E-state index in [9.17, 15) is 0 Å². The van der Waals surface area contributed by atoms with E-state index in [0.29, 0.717) is 23.0 Å². The summed E-state index contributed by atoms with van der Waals surface area (Å²) in [5.41, 5.74) is 4.07. The third-order valence-corrected chi connectivity index (χ3v) is 5.15. The Hall–Kier alpha value is -3.96. The molecule has 0 amide bonds. The Bertz CT molecular complexity index is 1330. The van der Waals surface area contributed by atoms with Crippen molar-refractivity contribution in [2.24, 2.45) is 0 Å². The molecule has 0 spiro atoms. The van der Waals surface area contributed by atoms with Crippen molar-refractivity contribution >= 4 is 45.9 Å². The van der Waals surface area contributed by atoms with Gasteiger partial charge in [-0.05, 0) is 53.6 Å². The van der Waals surface area contributed by atoms with Gasteiger partial charge in [-0.25, -0.2) is 10.4 Å². The molecule has 0 saturated heterocycles. The first-order chi connectivity index (χ1) is 16.0. The van der Waals surface area contributed by atoms with E-state index in [1.54, 1.807) is 19.1 Å². The van der Waals surface area contributed by atoms with Gasteiger partial charge >= 0.3 is 5.90 Å². The summed E-state index contributed by atoms with van der Waals surface area (Å²) in [4.78, 5) is 4.64. The van der Waals surface area contributed by atoms with Gasteiger partial charge in [0.25, 0.3) is 0 Å². The molecule has 0 bridgehead atoms. The number of fused-ring (bicyclic) bond motifs is 1. The molecule has 4 rings (SSSR count). The first kappa shape index (κ1) is 22.2. The van der Waals surface area contributed by atoms with Crippen LogP contribution in [-0.4, -0.2) is 16.8 Å². The summed E-state index contributed by atoms with van der Waals surface area (Å²) < 4.78 is 11.3. The summed E-state index contributed by atoms with van der Waals surface area (Å²) >= 11 is 5.99. The Morgan fingerprint density at radius 3 is 2.42 bits per heavy atom. The fourth-order valence-corrected chi connectivity index (χ4v) is 3.42. The molecule has 3 aromatic carbocycles. The second kappa shape index (κ2) is 10.1. The topological polar surface area (TPSA) is 80.8 Å². The zero-order chi connectivity index (χ0) is 23.2. The van der Waals surface area contributed by atoms with Gasteiger partial charge in [-0.1, -0.05) is 60.1 Å². The number of aromatic nitrogens is 1. The van der Waals surface area contributed by atoms with E-state index in [1.165, 1.54) is 0 Å². The molecule has 4 aromatic rings. The predicted octanol–water partition coefficient (Wildman–Crippen LogP) is 5.18. The molecular formula is C27H23ClN3O2+. The first-order valence-corrected chi connectivity index (χ1v) is 10.8. The molecule has 6 heteroatoms. The standard InChI is InChI=1S/C27H22ClN3O2/c1-18(29)33-27(30)25(16-19-6-11-22(28)12-7-19)20-9-14-24(15-10-20)32-17-23-13-8-21-4-2-3-5-26(21)31-23/h2-16,29-30H,17H2,1H3/p+1/b25-16+,29-18?,30-27?. The summed E-state index contributed by atoms with van der Waals surface area (Å²) in [5, 5.41) is 15.8. The predicted molar refractivity (Wildman–Crippen MR) is 133 cm³/mol. The van der Waals surface area contributed by atoms with Crippen molar-refractivity contribution in [3.8, 4) is 5.75 Å². The number of hydrogen-bond donors (Lipinski definition) is 2. The molecule has 0 aliphatic rings. The van der Waals surface area contributed by atoms with Crippen LogP contribution in [0.5, 0.6) is 5.75 Å². The van der Waals surface area contributed by atoms with Crippen LogP contribution < -0.4 is 10.1 Å². The first-order valence-electron chi connectivity index (χ1n) is 10.4. The van der Waals surface area contributed by atoms with Gasteiger partial charge in [0.1, 0.15) is 12.4 Å². The molecule has 1 aromatic heterocycles. The van der Waals surface area contributed by atoms with Gasteiger partial charge in [0, 0.05) is 16.0 Å². The van der Waals surface area contributed by atoms with Crippen LogP contribution >= 0.6 is 11.6 Å². The molecule has 0 radical (unpaired) electrons. The number of nitrogens with one attached hydrogen (secondary N) is 1. The molecule has 3 N–H and O–H groups in total. The Balaban J connectivity index is 1.53. The number of hydrogen-bond acceptors (Lipinski definition) is 4. The molecule has 164 valence electrons. The van der Waals surface area contributed by atoms with Crippen molar-refractivity contribution in [1.82, 2.24) is 4.98 Å². The number of halogens is 1. The van der Waals surface area contributed by atoms with E-state index >= 15 is 0 Å². The highest BCUT2D eigenvalue weighted by Gasteiger charge is 2.13. The number of rotatable bonds is 6. The van der Waals surface area contributed by atoms with Gasteiger partial charge in [0.15, 0.2) is 0 Å². The molecule has 33 heavy (non-hydrogen) atoms. The maximum atomic E-state index is 8.36. The van der Waals surface area contributed by atoms with Crippen molar-refractivity contribution in [2.45, 2.75) is 13.5 Å². The zero-order valence-electron chi connectivity index (χ0n) is 18.1. The maximum absolute atomic E-state index is 8.36. The Morgan fingerprint density at radius 1 is 0.970 bits per heavy atom. The SMILES string of the molecule is CC(=[NH2+])OC(=N)/C(=C/c1ccc(Cl)cc1)c1ccc(OCc2ccc3ccccc3n2)cc1. The Labute approximate surface area is 197 Å². The van der Waals surface area contributed by atoms with Gasteiger partial charge in [-0.3, -0.25) is 5.41 Å². The lowest BCUT2D eigenvalue weighted by molar-refractivity contribution is -0.132. The monoisotopic (exact) mass is 456 g/mol. The average Bonchev–Trinajstić information content (AvgIpc) is 2.82. The van der Waals surface area contributed by atoms with Gasteiger partial charge in [0.05, 0.1) is 18.1 Å². The molecule has 0 fully saturated rings. The van der Waals surface area contributed by atoms with Crippen LogP contribution in [0.15, 0.2) is 84.9 Å². The second-order valence-corrected chi connectivity index (χ2v) is 7.90. The van der Waals surface area contributed by atoms with E-state index in [4.69, 9.17) is 31.9 Å². The normalized spacial score (nSPS) is 11.3. The van der Waals surface area contributed by atoms with Crippen LogP contribution in [0.1, 0.15) is 23.7 Å². The number of benzene rings is 3. The van der Waals surface area contributed by atoms with Crippen molar-refractivity contribution in [1.29, 1.82) is 5.41 Å². The summed E-state index contributed by atoms with van der Waals surface area (Å²) in [6.07, 6.45) is 1.86. The van der Waals surface area contributed by atoms with Crippen LogP contribution in [0, 0.1) is 5.41 Å². The number of nitrogens with two attached hydrogens (primary N) is 1. The third-order valence-electron chi connectivity index (χ3n) is 4.90.